The molecule has 3 fully saturated rings. The van der Waals surface area contributed by atoms with Crippen LogP contribution in [-0.2, 0) is 53.9 Å². The molecule has 0 bridgehead atoms. The number of hydrogen-bond donors (Lipinski definition) is 11. The summed E-state index contributed by atoms with van der Waals surface area (Å²) in [5, 5.41) is 113. The number of carbonyl (C=O) groups is 2. The molecule has 21 nitrogen and oxygen atoms in total. The Morgan fingerprint density at radius 1 is 0.690 bits per heavy atom. The first-order valence-electron chi connectivity index (χ1n) is 18.1. The molecule has 15 atom stereocenters. The number of esters is 2. The molecule has 0 aromatic heterocycles. The average Bonchev–Trinajstić information content (AvgIpc) is 3.18. The zero-order chi connectivity index (χ0) is 42.4. The highest BCUT2D eigenvalue weighted by molar-refractivity contribution is 5.87. The second-order valence-corrected chi connectivity index (χ2v) is 13.9. The Morgan fingerprint density at radius 2 is 1.29 bits per heavy atom. The minimum atomic E-state index is -2.00. The summed E-state index contributed by atoms with van der Waals surface area (Å²) in [4.78, 5) is 25.5. The van der Waals surface area contributed by atoms with Gasteiger partial charge in [0.2, 0.25) is 0 Å². The van der Waals surface area contributed by atoms with Crippen LogP contribution in [0.1, 0.15) is 25.0 Å². The van der Waals surface area contributed by atoms with Crippen molar-refractivity contribution in [3.8, 4) is 23.0 Å². The van der Waals surface area contributed by atoms with E-state index >= 15 is 0 Å². The van der Waals surface area contributed by atoms with Crippen molar-refractivity contribution in [2.45, 2.75) is 112 Å². The van der Waals surface area contributed by atoms with Crippen LogP contribution in [0.3, 0.4) is 0 Å². The highest BCUT2D eigenvalue weighted by Crippen LogP contribution is 2.36. The number of aliphatic hydroxyl groups excluding tert-OH is 7. The molecule has 322 valence electrons. The number of aromatic hydroxyl groups is 4. The first-order valence-corrected chi connectivity index (χ1v) is 18.1. The molecule has 21 heteroatoms. The zero-order valence-electron chi connectivity index (χ0n) is 31.1. The van der Waals surface area contributed by atoms with Gasteiger partial charge in [0.25, 0.3) is 0 Å². The molecule has 0 aliphatic carbocycles. The number of aliphatic hydroxyl groups is 7. The summed E-state index contributed by atoms with van der Waals surface area (Å²) in [6.07, 6.45) is -23.7. The van der Waals surface area contributed by atoms with E-state index in [2.05, 4.69) is 0 Å². The summed E-state index contributed by atoms with van der Waals surface area (Å²) >= 11 is 0. The number of carbonyl (C=O) groups excluding carboxylic acids is 2. The summed E-state index contributed by atoms with van der Waals surface area (Å²) in [7, 11) is 0. The van der Waals surface area contributed by atoms with Gasteiger partial charge in [0.05, 0.1) is 19.3 Å². The fourth-order valence-electron chi connectivity index (χ4n) is 6.40. The molecule has 3 heterocycles. The molecule has 0 amide bonds. The van der Waals surface area contributed by atoms with Crippen molar-refractivity contribution < 1.29 is 104 Å². The molecule has 2 aromatic rings. The van der Waals surface area contributed by atoms with Crippen LogP contribution in [0, 0.1) is 0 Å². The Morgan fingerprint density at radius 3 is 1.93 bits per heavy atom. The zero-order valence-corrected chi connectivity index (χ0v) is 31.1. The van der Waals surface area contributed by atoms with E-state index in [1.807, 2.05) is 0 Å². The highest BCUT2D eigenvalue weighted by atomic mass is 16.8. The van der Waals surface area contributed by atoms with E-state index in [-0.39, 0.29) is 24.3 Å². The smallest absolute Gasteiger partial charge is 0.331 e. The summed E-state index contributed by atoms with van der Waals surface area (Å²) in [5.41, 5.74) is 0.721. The number of ether oxygens (including phenoxy) is 8. The Bertz CT molecular complexity index is 1720. The topological polar surface area (TPSA) is 331 Å². The predicted octanol–water partition coefficient (Wildman–Crippen LogP) is -2.62. The van der Waals surface area contributed by atoms with Gasteiger partial charge in [-0.15, -0.1) is 0 Å². The molecule has 11 N–H and O–H groups in total. The molecular formula is C37H48O21. The van der Waals surface area contributed by atoms with E-state index in [9.17, 15) is 65.8 Å². The van der Waals surface area contributed by atoms with Gasteiger partial charge in [-0.1, -0.05) is 12.1 Å². The van der Waals surface area contributed by atoms with Crippen LogP contribution in [0.4, 0.5) is 0 Å². The van der Waals surface area contributed by atoms with Crippen LogP contribution in [0.25, 0.3) is 6.08 Å². The third-order valence-electron chi connectivity index (χ3n) is 9.66. The number of benzene rings is 2. The molecular weight excluding hydrogens is 780 g/mol. The minimum absolute atomic E-state index is 0.0582. The van der Waals surface area contributed by atoms with Crippen molar-refractivity contribution in [1.82, 2.24) is 0 Å². The number of rotatable bonds is 14. The molecule has 0 spiro atoms. The maximum absolute atomic E-state index is 13.5. The molecule has 15 unspecified atom stereocenters. The highest BCUT2D eigenvalue weighted by Gasteiger charge is 2.56. The molecule has 5 rings (SSSR count). The van der Waals surface area contributed by atoms with Crippen molar-refractivity contribution >= 4 is 18.0 Å². The fourth-order valence-corrected chi connectivity index (χ4v) is 6.40. The quantitative estimate of drug-likeness (QED) is 0.0527. The molecule has 2 aromatic carbocycles. The van der Waals surface area contributed by atoms with Gasteiger partial charge < -0.3 is 94.1 Å². The Kier molecular flexibility index (Phi) is 15.2. The normalized spacial score (nSPS) is 35.4. The molecule has 58 heavy (non-hydrogen) atoms. The van der Waals surface area contributed by atoms with E-state index in [0.717, 1.165) is 19.1 Å². The maximum atomic E-state index is 13.5. The second kappa shape index (κ2) is 19.7. The van der Waals surface area contributed by atoms with E-state index in [1.54, 1.807) is 0 Å². The second-order valence-electron chi connectivity index (χ2n) is 13.9. The lowest BCUT2D eigenvalue weighted by Gasteiger charge is -2.49. The summed E-state index contributed by atoms with van der Waals surface area (Å²) in [5.74, 6) is -3.60. The molecule has 3 saturated heterocycles. The van der Waals surface area contributed by atoms with Crippen LogP contribution in [-0.4, -0.2) is 180 Å². The number of phenolic OH excluding ortho intramolecular Hbond substituents is 4. The summed E-state index contributed by atoms with van der Waals surface area (Å²) in [6.45, 7) is 0.726. The van der Waals surface area contributed by atoms with Crippen molar-refractivity contribution in [1.29, 1.82) is 0 Å². The van der Waals surface area contributed by atoms with Crippen LogP contribution >= 0.6 is 0 Å². The summed E-state index contributed by atoms with van der Waals surface area (Å²) in [6, 6.07) is 7.68. The van der Waals surface area contributed by atoms with Gasteiger partial charge in [0, 0.05) is 13.0 Å². The van der Waals surface area contributed by atoms with Crippen LogP contribution in [0.5, 0.6) is 23.0 Å². The monoisotopic (exact) mass is 828 g/mol. The van der Waals surface area contributed by atoms with Crippen molar-refractivity contribution in [3.63, 3.8) is 0 Å². The van der Waals surface area contributed by atoms with Crippen LogP contribution in [0.2, 0.25) is 0 Å². The van der Waals surface area contributed by atoms with Gasteiger partial charge in [0.1, 0.15) is 67.6 Å². The van der Waals surface area contributed by atoms with Crippen LogP contribution in [0.15, 0.2) is 42.5 Å². The SMILES string of the molecule is CC(=O)OCC1OC(OCCc2ccc(O)c(O)c2)C(OC2OC(CO)C(O)C(O)C2O)C(OC2OC(C)C(O)C(O)C2O)C1OC(=O)C=Cc1ccc(O)c(O)c1. The Labute approximate surface area is 330 Å². The lowest BCUT2D eigenvalue weighted by atomic mass is 9.96. The van der Waals surface area contributed by atoms with E-state index in [1.165, 1.54) is 43.3 Å². The van der Waals surface area contributed by atoms with Gasteiger partial charge in [0.15, 0.2) is 48.0 Å². The molecule has 0 saturated carbocycles. The van der Waals surface area contributed by atoms with Crippen molar-refractivity contribution in [2.24, 2.45) is 0 Å². The van der Waals surface area contributed by atoms with E-state index in [4.69, 9.17) is 37.9 Å². The average molecular weight is 829 g/mol. The largest absolute Gasteiger partial charge is 0.504 e. The predicted molar refractivity (Wildman–Crippen MR) is 189 cm³/mol. The van der Waals surface area contributed by atoms with Gasteiger partial charge in [-0.2, -0.15) is 0 Å². The molecule has 3 aliphatic heterocycles. The third kappa shape index (κ3) is 10.7. The lowest BCUT2D eigenvalue weighted by molar-refractivity contribution is -0.390. The van der Waals surface area contributed by atoms with Gasteiger partial charge in [-0.3, -0.25) is 4.79 Å². The standard InChI is InChI=1S/C37H48O21/c1-15-26(45)28(47)30(49)35(53-15)57-33-32(56-25(44)8-5-17-3-6-19(40)21(42)11-17)24(14-52-16(2)39)55-37(51-10-9-18-4-7-20(41)22(43)12-18)34(33)58-36-31(50)29(48)27(46)23(13-38)54-36/h3-8,11-12,15,23-24,26-38,40-43,45-50H,9-10,13-14H2,1-2H3. The minimum Gasteiger partial charge on any atom is -0.504 e. The number of phenols is 4. The van der Waals surface area contributed by atoms with Gasteiger partial charge >= 0.3 is 11.9 Å². The summed E-state index contributed by atoms with van der Waals surface area (Å²) < 4.78 is 46.9. The first-order chi connectivity index (χ1) is 27.5. The van der Waals surface area contributed by atoms with Crippen molar-refractivity contribution in [3.05, 3.63) is 53.6 Å². The van der Waals surface area contributed by atoms with Crippen LogP contribution < -0.4 is 0 Å². The lowest BCUT2D eigenvalue weighted by Crippen LogP contribution is -2.67. The van der Waals surface area contributed by atoms with Gasteiger partial charge in [-0.25, -0.2) is 4.79 Å². The maximum Gasteiger partial charge on any atom is 0.331 e. The van der Waals surface area contributed by atoms with Crippen molar-refractivity contribution in [2.75, 3.05) is 19.8 Å². The van der Waals surface area contributed by atoms with E-state index in [0.29, 0.717) is 5.56 Å². The van der Waals surface area contributed by atoms with Gasteiger partial charge in [-0.05, 0) is 54.8 Å². The molecule has 0 radical (unpaired) electrons. The third-order valence-corrected chi connectivity index (χ3v) is 9.66. The first kappa shape index (κ1) is 44.9. The fraction of sp³-hybridized carbons (Fsp3) is 0.568. The molecule has 3 aliphatic rings. The number of hydrogen-bond acceptors (Lipinski definition) is 21. The Hall–Kier alpha value is -4.20. The van der Waals surface area contributed by atoms with E-state index < -0.39 is 135 Å². The Balaban J connectivity index is 1.55.